The summed E-state index contributed by atoms with van der Waals surface area (Å²) >= 11 is 1.71. The van der Waals surface area contributed by atoms with E-state index in [1.54, 1.807) is 23.1 Å². The van der Waals surface area contributed by atoms with Crippen molar-refractivity contribution in [1.82, 2.24) is 15.1 Å². The topological polar surface area (TPSA) is 46.9 Å². The van der Waals surface area contributed by atoms with Gasteiger partial charge in [0.2, 0.25) is 0 Å². The van der Waals surface area contributed by atoms with Crippen LogP contribution in [0.15, 0.2) is 53.9 Å². The van der Waals surface area contributed by atoms with Gasteiger partial charge in [-0.2, -0.15) is 5.10 Å². The van der Waals surface area contributed by atoms with Crippen molar-refractivity contribution in [2.45, 2.75) is 6.42 Å². The minimum absolute atomic E-state index is 0.0891. The van der Waals surface area contributed by atoms with E-state index in [-0.39, 0.29) is 5.91 Å². The zero-order chi connectivity index (χ0) is 15.4. The third-order valence-electron chi connectivity index (χ3n) is 3.42. The minimum atomic E-state index is -0.0891. The molecule has 0 aliphatic rings. The maximum atomic E-state index is 12.3. The van der Waals surface area contributed by atoms with E-state index in [0.29, 0.717) is 12.2 Å². The Labute approximate surface area is 133 Å². The van der Waals surface area contributed by atoms with Crippen LogP contribution in [0, 0.1) is 0 Å². The molecule has 0 bridgehead atoms. The van der Waals surface area contributed by atoms with E-state index in [2.05, 4.69) is 16.5 Å². The highest BCUT2D eigenvalue weighted by molar-refractivity contribution is 7.09. The van der Waals surface area contributed by atoms with Gasteiger partial charge in [-0.05, 0) is 23.9 Å². The standard InChI is InChI=1S/C17H17N3OS/c1-20-16(12-15(19-20)13-6-3-2-4-7-13)17(21)18-10-9-14-8-5-11-22-14/h2-8,11-12H,9-10H2,1H3,(H,18,21). The van der Waals surface area contributed by atoms with Gasteiger partial charge in [0, 0.05) is 24.0 Å². The van der Waals surface area contributed by atoms with Crippen LogP contribution in [0.2, 0.25) is 0 Å². The summed E-state index contributed by atoms with van der Waals surface area (Å²) in [5.41, 5.74) is 2.40. The largest absolute Gasteiger partial charge is 0.350 e. The Morgan fingerprint density at radius 1 is 1.23 bits per heavy atom. The summed E-state index contributed by atoms with van der Waals surface area (Å²) in [7, 11) is 1.79. The molecule has 1 N–H and O–H groups in total. The Bertz CT molecular complexity index is 748. The number of hydrogen-bond donors (Lipinski definition) is 1. The number of aryl methyl sites for hydroxylation is 1. The molecule has 4 nitrogen and oxygen atoms in total. The molecule has 2 aromatic heterocycles. The number of benzene rings is 1. The lowest BCUT2D eigenvalue weighted by Crippen LogP contribution is -2.27. The highest BCUT2D eigenvalue weighted by atomic mass is 32.1. The first-order valence-corrected chi connectivity index (χ1v) is 8.02. The monoisotopic (exact) mass is 311 g/mol. The summed E-state index contributed by atoms with van der Waals surface area (Å²) in [6, 6.07) is 15.8. The first-order valence-electron chi connectivity index (χ1n) is 7.14. The van der Waals surface area contributed by atoms with Crippen molar-refractivity contribution in [2.75, 3.05) is 6.54 Å². The number of carbonyl (C=O) groups is 1. The number of aromatic nitrogens is 2. The van der Waals surface area contributed by atoms with Crippen LogP contribution in [0.5, 0.6) is 0 Å². The second-order valence-corrected chi connectivity index (χ2v) is 6.02. The van der Waals surface area contributed by atoms with Crippen LogP contribution in [0.25, 0.3) is 11.3 Å². The number of thiophene rings is 1. The Balaban J connectivity index is 1.66. The maximum absolute atomic E-state index is 12.3. The molecule has 5 heteroatoms. The van der Waals surface area contributed by atoms with Gasteiger partial charge in [0.15, 0.2) is 0 Å². The molecule has 0 saturated carbocycles. The Kier molecular flexibility index (Phi) is 4.34. The normalized spacial score (nSPS) is 10.6. The second-order valence-electron chi connectivity index (χ2n) is 4.99. The Morgan fingerprint density at radius 3 is 2.77 bits per heavy atom. The predicted molar refractivity (Wildman–Crippen MR) is 89.0 cm³/mol. The minimum Gasteiger partial charge on any atom is -0.350 e. The SMILES string of the molecule is Cn1nc(-c2ccccc2)cc1C(=O)NCCc1cccs1. The van der Waals surface area contributed by atoms with Gasteiger partial charge in [-0.25, -0.2) is 0 Å². The molecular weight excluding hydrogens is 294 g/mol. The molecule has 1 amide bonds. The van der Waals surface area contributed by atoms with Crippen molar-refractivity contribution in [2.24, 2.45) is 7.05 Å². The number of nitrogens with one attached hydrogen (secondary N) is 1. The van der Waals surface area contributed by atoms with E-state index in [1.165, 1.54) is 4.88 Å². The molecule has 112 valence electrons. The fourth-order valence-electron chi connectivity index (χ4n) is 2.27. The molecule has 0 atom stereocenters. The number of amides is 1. The third kappa shape index (κ3) is 3.26. The maximum Gasteiger partial charge on any atom is 0.269 e. The third-order valence-corrected chi connectivity index (χ3v) is 4.36. The molecule has 0 fully saturated rings. The van der Waals surface area contributed by atoms with Crippen LogP contribution in [-0.2, 0) is 13.5 Å². The Morgan fingerprint density at radius 2 is 2.05 bits per heavy atom. The van der Waals surface area contributed by atoms with Gasteiger partial charge in [0.05, 0.1) is 5.69 Å². The van der Waals surface area contributed by atoms with E-state index in [1.807, 2.05) is 47.8 Å². The quantitative estimate of drug-likeness (QED) is 0.787. The molecule has 0 radical (unpaired) electrons. The van der Waals surface area contributed by atoms with Gasteiger partial charge >= 0.3 is 0 Å². The van der Waals surface area contributed by atoms with E-state index in [4.69, 9.17) is 0 Å². The summed E-state index contributed by atoms with van der Waals surface area (Å²) < 4.78 is 1.63. The van der Waals surface area contributed by atoms with Crippen LogP contribution >= 0.6 is 11.3 Å². The molecule has 1 aromatic carbocycles. The average molecular weight is 311 g/mol. The molecular formula is C17H17N3OS. The first-order chi connectivity index (χ1) is 10.7. The summed E-state index contributed by atoms with van der Waals surface area (Å²) in [6.45, 7) is 0.630. The molecule has 0 spiro atoms. The molecule has 3 aromatic rings. The fraction of sp³-hybridized carbons (Fsp3) is 0.176. The lowest BCUT2D eigenvalue weighted by molar-refractivity contribution is 0.0945. The van der Waals surface area contributed by atoms with Crippen LogP contribution in [0.1, 0.15) is 15.4 Å². The van der Waals surface area contributed by atoms with Crippen molar-refractivity contribution in [3.05, 3.63) is 64.5 Å². The van der Waals surface area contributed by atoms with E-state index < -0.39 is 0 Å². The number of carbonyl (C=O) groups excluding carboxylic acids is 1. The zero-order valence-electron chi connectivity index (χ0n) is 12.3. The van der Waals surface area contributed by atoms with Crippen molar-refractivity contribution in [3.63, 3.8) is 0 Å². The van der Waals surface area contributed by atoms with E-state index in [0.717, 1.165) is 17.7 Å². The highest BCUT2D eigenvalue weighted by Crippen LogP contribution is 2.18. The summed E-state index contributed by atoms with van der Waals surface area (Å²) in [6.07, 6.45) is 0.854. The van der Waals surface area contributed by atoms with Crippen molar-refractivity contribution >= 4 is 17.2 Å². The number of rotatable bonds is 5. The first kappa shape index (κ1) is 14.5. The second kappa shape index (κ2) is 6.58. The molecule has 0 aliphatic heterocycles. The van der Waals surface area contributed by atoms with Crippen molar-refractivity contribution in [3.8, 4) is 11.3 Å². The lowest BCUT2D eigenvalue weighted by atomic mass is 10.1. The van der Waals surface area contributed by atoms with Gasteiger partial charge in [-0.3, -0.25) is 9.48 Å². The molecule has 0 saturated heterocycles. The predicted octanol–water partition coefficient (Wildman–Crippen LogP) is 3.12. The summed E-state index contributed by atoms with van der Waals surface area (Å²) in [4.78, 5) is 13.5. The van der Waals surface area contributed by atoms with Gasteiger partial charge in [-0.1, -0.05) is 36.4 Å². The van der Waals surface area contributed by atoms with Crippen LogP contribution in [0.4, 0.5) is 0 Å². The number of hydrogen-bond acceptors (Lipinski definition) is 3. The summed E-state index contributed by atoms with van der Waals surface area (Å²) in [5.74, 6) is -0.0891. The lowest BCUT2D eigenvalue weighted by Gasteiger charge is -2.03. The van der Waals surface area contributed by atoms with Crippen LogP contribution in [0.3, 0.4) is 0 Å². The van der Waals surface area contributed by atoms with E-state index in [9.17, 15) is 4.79 Å². The fourth-order valence-corrected chi connectivity index (χ4v) is 2.98. The van der Waals surface area contributed by atoms with Crippen molar-refractivity contribution in [1.29, 1.82) is 0 Å². The molecule has 2 heterocycles. The van der Waals surface area contributed by atoms with Gasteiger partial charge in [-0.15, -0.1) is 11.3 Å². The molecule has 0 unspecified atom stereocenters. The summed E-state index contributed by atoms with van der Waals surface area (Å²) in [5, 5.41) is 9.41. The number of nitrogens with zero attached hydrogens (tertiary/aromatic N) is 2. The van der Waals surface area contributed by atoms with Gasteiger partial charge in [0.1, 0.15) is 5.69 Å². The Hall–Kier alpha value is -2.40. The van der Waals surface area contributed by atoms with Crippen LogP contribution in [-0.4, -0.2) is 22.2 Å². The highest BCUT2D eigenvalue weighted by Gasteiger charge is 2.13. The average Bonchev–Trinajstić information content (AvgIpc) is 3.17. The molecule has 0 aliphatic carbocycles. The van der Waals surface area contributed by atoms with Gasteiger partial charge in [0.25, 0.3) is 5.91 Å². The van der Waals surface area contributed by atoms with Crippen LogP contribution < -0.4 is 5.32 Å². The van der Waals surface area contributed by atoms with E-state index >= 15 is 0 Å². The van der Waals surface area contributed by atoms with Crippen molar-refractivity contribution < 1.29 is 4.79 Å². The molecule has 22 heavy (non-hydrogen) atoms. The smallest absolute Gasteiger partial charge is 0.269 e. The molecule has 3 rings (SSSR count). The van der Waals surface area contributed by atoms with Gasteiger partial charge < -0.3 is 5.32 Å². The zero-order valence-corrected chi connectivity index (χ0v) is 13.1.